The molecular formula is C15H17N6O2-. The van der Waals surface area contributed by atoms with Crippen molar-refractivity contribution in [3.05, 3.63) is 39.1 Å². The van der Waals surface area contributed by atoms with E-state index in [2.05, 4.69) is 25.3 Å². The summed E-state index contributed by atoms with van der Waals surface area (Å²) in [5.74, 6) is -0.234. The molecule has 1 N–H and O–H groups in total. The molecule has 0 saturated heterocycles. The summed E-state index contributed by atoms with van der Waals surface area (Å²) in [6.07, 6.45) is 1.50. The van der Waals surface area contributed by atoms with Gasteiger partial charge < -0.3 is 9.67 Å². The van der Waals surface area contributed by atoms with E-state index in [1.807, 2.05) is 13.8 Å². The van der Waals surface area contributed by atoms with Gasteiger partial charge in [-0.3, -0.25) is 9.89 Å². The molecule has 0 saturated carbocycles. The van der Waals surface area contributed by atoms with Crippen LogP contribution in [0.4, 0.5) is 17.2 Å². The molecular weight excluding hydrogens is 296 g/mol. The minimum absolute atomic E-state index is 0.00681. The van der Waals surface area contributed by atoms with E-state index >= 15 is 0 Å². The fourth-order valence-corrected chi connectivity index (χ4v) is 2.11. The number of nitrogens with one attached hydrogen (secondary N) is 1. The lowest BCUT2D eigenvalue weighted by molar-refractivity contribution is -0.278. The second kappa shape index (κ2) is 6.87. The summed E-state index contributed by atoms with van der Waals surface area (Å²) in [5.41, 5.74) is 0.455. The van der Waals surface area contributed by atoms with Crippen LogP contribution in [0.15, 0.2) is 21.1 Å². The second-order valence-corrected chi connectivity index (χ2v) is 5.16. The quantitative estimate of drug-likeness (QED) is 0.677. The van der Waals surface area contributed by atoms with Crippen LogP contribution in [0, 0.1) is 20.4 Å². The van der Waals surface area contributed by atoms with E-state index in [9.17, 15) is 9.90 Å². The molecule has 0 aromatic carbocycles. The number of unbranched alkanes of at least 4 members (excludes halogenated alkanes) is 1. The normalized spacial score (nSPS) is 11.0. The van der Waals surface area contributed by atoms with E-state index in [4.69, 9.17) is 6.57 Å². The molecule has 0 unspecified atom stereocenters. The molecule has 120 valence electrons. The Morgan fingerprint density at radius 1 is 1.43 bits per heavy atom. The Morgan fingerprint density at radius 2 is 2.17 bits per heavy atom. The van der Waals surface area contributed by atoms with Gasteiger partial charge >= 0.3 is 0 Å². The maximum atomic E-state index is 12.5. The molecule has 2 aromatic heterocycles. The Balaban J connectivity index is 2.56. The highest BCUT2D eigenvalue weighted by Crippen LogP contribution is 2.32. The van der Waals surface area contributed by atoms with Gasteiger partial charge in [-0.1, -0.05) is 13.3 Å². The largest absolute Gasteiger partial charge is 0.869 e. The third-order valence-corrected chi connectivity index (χ3v) is 3.40. The van der Waals surface area contributed by atoms with Crippen LogP contribution in [0.3, 0.4) is 0 Å². The molecule has 0 bridgehead atoms. The molecule has 2 aromatic rings. The number of nitrogens with zero attached hydrogens (tertiary/aromatic N) is 5. The van der Waals surface area contributed by atoms with E-state index in [1.165, 1.54) is 6.92 Å². The van der Waals surface area contributed by atoms with Crippen LogP contribution in [0.25, 0.3) is 4.85 Å². The molecule has 0 radical (unpaired) electrons. The van der Waals surface area contributed by atoms with Crippen molar-refractivity contribution >= 4 is 17.2 Å². The topological polar surface area (TPSA) is 103 Å². The molecule has 0 atom stereocenters. The molecule has 0 aliphatic heterocycles. The van der Waals surface area contributed by atoms with Crippen molar-refractivity contribution in [1.29, 1.82) is 0 Å². The number of azo groups is 1. The summed E-state index contributed by atoms with van der Waals surface area (Å²) in [6.45, 7) is 12.8. The van der Waals surface area contributed by atoms with Crippen LogP contribution >= 0.6 is 0 Å². The van der Waals surface area contributed by atoms with Gasteiger partial charge in [0.25, 0.3) is 5.56 Å². The minimum atomic E-state index is -0.564. The maximum Gasteiger partial charge on any atom is 0.275 e. The highest BCUT2D eigenvalue weighted by Gasteiger charge is 2.14. The average Bonchev–Trinajstić information content (AvgIpc) is 2.93. The van der Waals surface area contributed by atoms with E-state index in [1.54, 1.807) is 6.07 Å². The molecule has 23 heavy (non-hydrogen) atoms. The van der Waals surface area contributed by atoms with Crippen molar-refractivity contribution in [2.45, 2.75) is 40.2 Å². The summed E-state index contributed by atoms with van der Waals surface area (Å²) in [6, 6.07) is 1.67. The van der Waals surface area contributed by atoms with Crippen molar-refractivity contribution in [2.75, 3.05) is 0 Å². The number of aromatic nitrogens is 3. The first-order chi connectivity index (χ1) is 11.0. The number of hydrogen-bond acceptors (Lipinski definition) is 5. The number of aromatic amines is 1. The van der Waals surface area contributed by atoms with Crippen molar-refractivity contribution in [2.24, 2.45) is 10.2 Å². The van der Waals surface area contributed by atoms with Gasteiger partial charge in [0.05, 0.1) is 6.57 Å². The van der Waals surface area contributed by atoms with Crippen LogP contribution in [-0.4, -0.2) is 14.8 Å². The standard InChI is InChI=1S/C15H18N6O2/c1-5-6-7-21-14(22)12(16-4)10(3)13(15(21)23)20-19-11-8-9(2)17-18-11/h8,22H,5-7H2,1-3H3,(H,17,18)/p-1. The first kappa shape index (κ1) is 16.4. The summed E-state index contributed by atoms with van der Waals surface area (Å²) in [5, 5.41) is 26.7. The lowest BCUT2D eigenvalue weighted by Gasteiger charge is -2.20. The molecule has 0 aliphatic carbocycles. The zero-order chi connectivity index (χ0) is 17.0. The lowest BCUT2D eigenvalue weighted by atomic mass is 10.2. The number of H-pyrrole nitrogens is 1. The summed E-state index contributed by atoms with van der Waals surface area (Å²) >= 11 is 0. The Kier molecular flexibility index (Phi) is 4.91. The molecule has 2 rings (SSSR count). The molecule has 0 fully saturated rings. The van der Waals surface area contributed by atoms with E-state index < -0.39 is 11.4 Å². The fraction of sp³-hybridized carbons (Fsp3) is 0.400. The van der Waals surface area contributed by atoms with Crippen LogP contribution in [-0.2, 0) is 6.54 Å². The highest BCUT2D eigenvalue weighted by atomic mass is 16.3. The second-order valence-electron chi connectivity index (χ2n) is 5.16. The Labute approximate surface area is 133 Å². The highest BCUT2D eigenvalue weighted by molar-refractivity contribution is 5.67. The van der Waals surface area contributed by atoms with Gasteiger partial charge in [-0.05, 0) is 31.7 Å². The molecule has 8 heteroatoms. The lowest BCUT2D eigenvalue weighted by Crippen LogP contribution is -2.24. The summed E-state index contributed by atoms with van der Waals surface area (Å²) in [7, 11) is 0. The molecule has 0 aliphatic rings. The predicted molar refractivity (Wildman–Crippen MR) is 83.6 cm³/mol. The predicted octanol–water partition coefficient (Wildman–Crippen LogP) is 3.03. The zero-order valence-electron chi connectivity index (χ0n) is 13.3. The SMILES string of the molecule is [C-]#[N+]c1c(C)c(N=Nc2cc(C)[nH]n2)c(=O)n(CCCC)c1[O-]. The van der Waals surface area contributed by atoms with Crippen LogP contribution in [0.5, 0.6) is 5.88 Å². The number of hydrogen-bond donors (Lipinski definition) is 1. The molecule has 0 amide bonds. The van der Waals surface area contributed by atoms with Gasteiger partial charge in [0.2, 0.25) is 5.69 Å². The number of aryl methyl sites for hydroxylation is 1. The minimum Gasteiger partial charge on any atom is -0.869 e. The van der Waals surface area contributed by atoms with Crippen LogP contribution in [0.2, 0.25) is 0 Å². The zero-order valence-corrected chi connectivity index (χ0v) is 13.3. The Hall–Kier alpha value is -2.95. The maximum absolute atomic E-state index is 12.5. The first-order valence-electron chi connectivity index (χ1n) is 7.25. The number of rotatable bonds is 5. The van der Waals surface area contributed by atoms with E-state index in [-0.39, 0.29) is 23.5 Å². The van der Waals surface area contributed by atoms with Crippen molar-refractivity contribution in [1.82, 2.24) is 14.8 Å². The van der Waals surface area contributed by atoms with Crippen LogP contribution in [0.1, 0.15) is 31.0 Å². The van der Waals surface area contributed by atoms with Gasteiger partial charge in [-0.15, -0.1) is 10.2 Å². The number of pyridine rings is 1. The van der Waals surface area contributed by atoms with Gasteiger partial charge in [-0.25, -0.2) is 4.85 Å². The van der Waals surface area contributed by atoms with Crippen molar-refractivity contribution in [3.8, 4) is 5.88 Å². The van der Waals surface area contributed by atoms with Crippen molar-refractivity contribution in [3.63, 3.8) is 0 Å². The van der Waals surface area contributed by atoms with Gasteiger partial charge in [0.1, 0.15) is 5.69 Å². The van der Waals surface area contributed by atoms with Gasteiger partial charge in [-0.2, -0.15) is 5.10 Å². The van der Waals surface area contributed by atoms with E-state index in [0.29, 0.717) is 12.2 Å². The monoisotopic (exact) mass is 313 g/mol. The third-order valence-electron chi connectivity index (χ3n) is 3.40. The van der Waals surface area contributed by atoms with Gasteiger partial charge in [0.15, 0.2) is 5.82 Å². The fourth-order valence-electron chi connectivity index (χ4n) is 2.11. The molecule has 0 spiro atoms. The smallest absolute Gasteiger partial charge is 0.275 e. The van der Waals surface area contributed by atoms with Gasteiger partial charge in [0, 0.05) is 18.3 Å². The van der Waals surface area contributed by atoms with Crippen molar-refractivity contribution < 1.29 is 5.11 Å². The molecule has 2 heterocycles. The van der Waals surface area contributed by atoms with E-state index in [0.717, 1.165) is 16.7 Å². The first-order valence-corrected chi connectivity index (χ1v) is 7.25. The van der Waals surface area contributed by atoms with Crippen LogP contribution < -0.4 is 10.7 Å². The summed E-state index contributed by atoms with van der Waals surface area (Å²) < 4.78 is 1.06. The average molecular weight is 313 g/mol. The summed E-state index contributed by atoms with van der Waals surface area (Å²) in [4.78, 5) is 15.7. The molecule has 8 nitrogen and oxygen atoms in total. The third kappa shape index (κ3) is 3.29. The Bertz CT molecular complexity index is 841. The Morgan fingerprint density at radius 3 is 2.74 bits per heavy atom.